The SMILES string of the molecule is C[CH][C@H](O)NC(C)C. The molecule has 0 aliphatic carbocycles. The van der Waals surface area contributed by atoms with E-state index in [1.807, 2.05) is 20.8 Å². The van der Waals surface area contributed by atoms with E-state index >= 15 is 0 Å². The molecule has 2 nitrogen and oxygen atoms in total. The first-order valence-electron chi connectivity index (χ1n) is 2.90. The van der Waals surface area contributed by atoms with Gasteiger partial charge in [-0.3, -0.25) is 5.32 Å². The van der Waals surface area contributed by atoms with Crippen LogP contribution in [0.15, 0.2) is 0 Å². The van der Waals surface area contributed by atoms with E-state index in [1.54, 1.807) is 6.42 Å². The van der Waals surface area contributed by atoms with Crippen LogP contribution in [0.5, 0.6) is 0 Å². The number of hydrogen-bond acceptors (Lipinski definition) is 2. The van der Waals surface area contributed by atoms with E-state index in [9.17, 15) is 0 Å². The van der Waals surface area contributed by atoms with Gasteiger partial charge in [0.15, 0.2) is 0 Å². The van der Waals surface area contributed by atoms with Crippen molar-refractivity contribution in [3.8, 4) is 0 Å². The fraction of sp³-hybridized carbons (Fsp3) is 0.833. The van der Waals surface area contributed by atoms with Gasteiger partial charge in [0, 0.05) is 12.5 Å². The largest absolute Gasteiger partial charge is 0.378 e. The van der Waals surface area contributed by atoms with E-state index in [-0.39, 0.29) is 0 Å². The van der Waals surface area contributed by atoms with Crippen LogP contribution in [0.25, 0.3) is 0 Å². The Hall–Kier alpha value is -0.0800. The topological polar surface area (TPSA) is 32.3 Å². The van der Waals surface area contributed by atoms with Gasteiger partial charge < -0.3 is 5.11 Å². The molecule has 0 aromatic heterocycles. The molecule has 0 amide bonds. The second-order valence-electron chi connectivity index (χ2n) is 2.10. The quantitative estimate of drug-likeness (QED) is 0.527. The minimum absolute atomic E-state index is 0.348. The summed E-state index contributed by atoms with van der Waals surface area (Å²) in [5, 5.41) is 11.8. The van der Waals surface area contributed by atoms with E-state index in [4.69, 9.17) is 5.11 Å². The molecule has 0 aliphatic rings. The molecule has 0 fully saturated rings. The monoisotopic (exact) mass is 116 g/mol. The van der Waals surface area contributed by atoms with Crippen molar-refractivity contribution < 1.29 is 5.11 Å². The first-order valence-corrected chi connectivity index (χ1v) is 2.90. The van der Waals surface area contributed by atoms with Crippen molar-refractivity contribution in [2.75, 3.05) is 0 Å². The first kappa shape index (κ1) is 7.92. The van der Waals surface area contributed by atoms with E-state index in [1.165, 1.54) is 0 Å². The molecule has 0 aromatic carbocycles. The minimum Gasteiger partial charge on any atom is -0.378 e. The number of nitrogens with one attached hydrogen (secondary N) is 1. The van der Waals surface area contributed by atoms with Gasteiger partial charge in [-0.15, -0.1) is 0 Å². The van der Waals surface area contributed by atoms with Crippen molar-refractivity contribution in [3.63, 3.8) is 0 Å². The van der Waals surface area contributed by atoms with Crippen molar-refractivity contribution in [1.29, 1.82) is 0 Å². The third-order valence-corrected chi connectivity index (χ3v) is 0.820. The van der Waals surface area contributed by atoms with Gasteiger partial charge in [0.25, 0.3) is 0 Å². The highest BCUT2D eigenvalue weighted by atomic mass is 16.3. The predicted molar refractivity (Wildman–Crippen MR) is 34.3 cm³/mol. The van der Waals surface area contributed by atoms with Gasteiger partial charge in [-0.2, -0.15) is 0 Å². The van der Waals surface area contributed by atoms with Crippen LogP contribution >= 0.6 is 0 Å². The van der Waals surface area contributed by atoms with Gasteiger partial charge in [-0.05, 0) is 13.8 Å². The Morgan fingerprint density at radius 1 is 1.50 bits per heavy atom. The lowest BCUT2D eigenvalue weighted by Crippen LogP contribution is -2.34. The molecular weight excluding hydrogens is 102 g/mol. The Morgan fingerprint density at radius 3 is 2.12 bits per heavy atom. The Balaban J connectivity index is 3.10. The molecular formula is C6H14NO. The Bertz CT molecular complexity index is 54.5. The smallest absolute Gasteiger partial charge is 0.108 e. The van der Waals surface area contributed by atoms with Gasteiger partial charge in [-0.1, -0.05) is 6.92 Å². The van der Waals surface area contributed by atoms with Crippen LogP contribution in [-0.4, -0.2) is 17.4 Å². The molecule has 8 heavy (non-hydrogen) atoms. The van der Waals surface area contributed by atoms with Crippen LogP contribution in [0.2, 0.25) is 0 Å². The molecule has 0 saturated heterocycles. The number of aliphatic hydroxyl groups is 1. The van der Waals surface area contributed by atoms with Crippen molar-refractivity contribution in [2.45, 2.75) is 33.0 Å². The highest BCUT2D eigenvalue weighted by Crippen LogP contribution is 1.84. The zero-order valence-corrected chi connectivity index (χ0v) is 5.68. The maximum Gasteiger partial charge on any atom is 0.108 e. The van der Waals surface area contributed by atoms with Crippen LogP contribution < -0.4 is 5.32 Å². The highest BCUT2D eigenvalue weighted by Gasteiger charge is 1.99. The molecule has 0 saturated carbocycles. The average Bonchev–Trinajstić information content (AvgIpc) is 1.65. The van der Waals surface area contributed by atoms with E-state index < -0.39 is 6.23 Å². The van der Waals surface area contributed by atoms with Gasteiger partial charge >= 0.3 is 0 Å². The summed E-state index contributed by atoms with van der Waals surface area (Å²) in [6.45, 7) is 5.81. The maximum atomic E-state index is 8.86. The second kappa shape index (κ2) is 3.87. The third kappa shape index (κ3) is 4.09. The Kier molecular flexibility index (Phi) is 3.83. The van der Waals surface area contributed by atoms with E-state index in [2.05, 4.69) is 5.32 Å². The normalized spacial score (nSPS) is 14.6. The lowest BCUT2D eigenvalue weighted by molar-refractivity contribution is 0.158. The van der Waals surface area contributed by atoms with Crippen molar-refractivity contribution in [3.05, 3.63) is 6.42 Å². The lowest BCUT2D eigenvalue weighted by Gasteiger charge is -2.12. The summed E-state index contributed by atoms with van der Waals surface area (Å²) in [4.78, 5) is 0. The van der Waals surface area contributed by atoms with Crippen LogP contribution in [0.1, 0.15) is 20.8 Å². The van der Waals surface area contributed by atoms with Crippen LogP contribution in [-0.2, 0) is 0 Å². The average molecular weight is 116 g/mol. The van der Waals surface area contributed by atoms with Gasteiger partial charge in [0.05, 0.1) is 0 Å². The van der Waals surface area contributed by atoms with Crippen LogP contribution in [0.3, 0.4) is 0 Å². The summed E-state index contributed by atoms with van der Waals surface area (Å²) < 4.78 is 0. The van der Waals surface area contributed by atoms with Crippen LogP contribution in [0, 0.1) is 6.42 Å². The number of aliphatic hydroxyl groups excluding tert-OH is 1. The molecule has 0 spiro atoms. The van der Waals surface area contributed by atoms with E-state index in [0.29, 0.717) is 6.04 Å². The van der Waals surface area contributed by atoms with Gasteiger partial charge in [-0.25, -0.2) is 0 Å². The lowest BCUT2D eigenvalue weighted by atomic mass is 10.3. The maximum absolute atomic E-state index is 8.86. The minimum atomic E-state index is -0.449. The summed E-state index contributed by atoms with van der Waals surface area (Å²) in [6.07, 6.45) is 1.26. The summed E-state index contributed by atoms with van der Waals surface area (Å²) in [6, 6.07) is 0.348. The summed E-state index contributed by atoms with van der Waals surface area (Å²) >= 11 is 0. The zero-order chi connectivity index (χ0) is 6.57. The summed E-state index contributed by atoms with van der Waals surface area (Å²) in [7, 11) is 0. The fourth-order valence-electron chi connectivity index (χ4n) is 0.438. The summed E-state index contributed by atoms with van der Waals surface area (Å²) in [5.74, 6) is 0. The fourth-order valence-corrected chi connectivity index (χ4v) is 0.438. The van der Waals surface area contributed by atoms with Crippen LogP contribution in [0.4, 0.5) is 0 Å². The van der Waals surface area contributed by atoms with E-state index in [0.717, 1.165) is 0 Å². The number of hydrogen-bond donors (Lipinski definition) is 2. The highest BCUT2D eigenvalue weighted by molar-refractivity contribution is 4.68. The first-order chi connectivity index (χ1) is 3.66. The second-order valence-corrected chi connectivity index (χ2v) is 2.10. The summed E-state index contributed by atoms with van der Waals surface area (Å²) in [5.41, 5.74) is 0. The zero-order valence-electron chi connectivity index (χ0n) is 5.68. The molecule has 49 valence electrons. The standard InChI is InChI=1S/C6H14NO/c1-4-6(8)7-5(2)3/h4-8H,1-3H3/t6-/m0/s1. The molecule has 0 heterocycles. The molecule has 0 aliphatic heterocycles. The molecule has 0 unspecified atom stereocenters. The molecule has 0 bridgehead atoms. The van der Waals surface area contributed by atoms with Crippen molar-refractivity contribution in [1.82, 2.24) is 5.32 Å². The third-order valence-electron chi connectivity index (χ3n) is 0.820. The molecule has 0 rings (SSSR count). The van der Waals surface area contributed by atoms with Gasteiger partial charge in [0.2, 0.25) is 0 Å². The van der Waals surface area contributed by atoms with Crippen molar-refractivity contribution >= 4 is 0 Å². The van der Waals surface area contributed by atoms with Crippen molar-refractivity contribution in [2.24, 2.45) is 0 Å². The molecule has 1 atom stereocenters. The van der Waals surface area contributed by atoms with Gasteiger partial charge in [0.1, 0.15) is 6.23 Å². The molecule has 1 radical (unpaired) electrons. The predicted octanol–water partition coefficient (Wildman–Crippen LogP) is 0.527. The number of rotatable bonds is 3. The molecule has 2 heteroatoms. The molecule has 2 N–H and O–H groups in total. The Labute approximate surface area is 50.9 Å². The molecule has 0 aromatic rings. The Morgan fingerprint density at radius 2 is 2.00 bits per heavy atom.